The summed E-state index contributed by atoms with van der Waals surface area (Å²) in [4.78, 5) is 15.0. The predicted molar refractivity (Wildman–Crippen MR) is 330 cm³/mol. The van der Waals surface area contributed by atoms with E-state index in [9.17, 15) is 13.2 Å². The second-order valence-corrected chi connectivity index (χ2v) is 32.3. The average molecular weight is 1090 g/mol. The molecule has 2 aromatic rings. The third-order valence-electron chi connectivity index (χ3n) is 25.3. The molecule has 77 heavy (non-hydrogen) atoms. The molecule has 0 bridgehead atoms. The molecule has 0 radical (unpaired) electrons. The van der Waals surface area contributed by atoms with Gasteiger partial charge >= 0.3 is 0 Å². The van der Waals surface area contributed by atoms with Gasteiger partial charge in [-0.15, -0.1) is 11.3 Å². The number of rotatable bonds is 16. The SMILES string of the molecule is CCC(/C=C/[C@@H](C)[C@H]1CC[C@H]2[C@@H]3CC=C4C[C@@H](C)CC[C@]4(C)[C@H]3CC[C@]12C)C(CC)CC.CCC(C=O)C(CC)CC.C[C@H]1CC[C@@]2(C)C(=CC[C@H]3[C@@H]4CC[C@H]([C@H](C)CS(=O)(=O)c5nc6ccccc6s5)[C@@]4(C)CC[C@@H]32)C1. The van der Waals surface area contributed by atoms with Crippen molar-refractivity contribution in [2.24, 2.45) is 116 Å². The van der Waals surface area contributed by atoms with Gasteiger partial charge in [0.05, 0.1) is 16.0 Å². The van der Waals surface area contributed by atoms with E-state index < -0.39 is 9.84 Å². The lowest BCUT2D eigenvalue weighted by molar-refractivity contribution is -0.112. The Morgan fingerprint density at radius 3 is 1.58 bits per heavy atom. The van der Waals surface area contributed by atoms with Crippen LogP contribution in [0, 0.1) is 116 Å². The van der Waals surface area contributed by atoms with Crippen molar-refractivity contribution in [2.45, 2.75) is 243 Å². The standard InChI is InChI=1S/C32H54.C30H41NO2S2.C9H18O/c1-8-24(9-2)25(10-3)12-11-23(5)28-15-16-29-27-14-13-26-21-22(4)17-19-31(26,6)30(27)18-20-32(28,29)7;1-19-13-15-29(3)21(17-19)9-10-22-24-12-11-23(30(24,4)16-14-25(22)29)20(2)18-35(32,33)28-31-26-7-5-6-8-27(26)34-28;1-4-8(5-2)9(6-3)7-10/h11-13,22-25,27-30H,8-10,14-21H2,1-7H3;5-9,19-20,22-25H,10-18H2,1-4H3;7-9H,4-6H2,1-3H3/b12-11+;;/t22-,23+,25?,27-,28+,29-,30-,31-,32+;19-,20+,22-,23+,24-,25-,29-,30+;/m00./s1. The first-order valence-corrected chi connectivity index (χ1v) is 35.3. The molecule has 432 valence electrons. The summed E-state index contributed by atoms with van der Waals surface area (Å²) in [5.74, 6) is 12.1. The number of allylic oxidation sites excluding steroid dienone is 6. The molecule has 0 aliphatic heterocycles. The number of thiazole rings is 1. The lowest BCUT2D eigenvalue weighted by atomic mass is 9.46. The highest BCUT2D eigenvalue weighted by Crippen LogP contribution is 2.69. The molecule has 0 N–H and O–H groups in total. The monoisotopic (exact) mass is 1090 g/mol. The van der Waals surface area contributed by atoms with Gasteiger partial charge in [0.2, 0.25) is 14.2 Å². The van der Waals surface area contributed by atoms with Crippen LogP contribution in [0.2, 0.25) is 0 Å². The Morgan fingerprint density at radius 2 is 1.10 bits per heavy atom. The molecular formula is C71H113NO3S2. The van der Waals surface area contributed by atoms with Crippen LogP contribution in [0.1, 0.15) is 238 Å². The zero-order valence-electron chi connectivity index (χ0n) is 51.7. The summed E-state index contributed by atoms with van der Waals surface area (Å²) in [6.45, 7) is 33.7. The number of carbonyl (C=O) groups is 1. The van der Waals surface area contributed by atoms with Crippen molar-refractivity contribution in [3.05, 3.63) is 59.7 Å². The van der Waals surface area contributed by atoms with E-state index in [1.807, 2.05) is 29.8 Å². The Morgan fingerprint density at radius 1 is 0.610 bits per heavy atom. The van der Waals surface area contributed by atoms with Crippen molar-refractivity contribution >= 4 is 37.7 Å². The van der Waals surface area contributed by atoms with Gasteiger partial charge in [0, 0.05) is 5.92 Å². The van der Waals surface area contributed by atoms with E-state index in [0.29, 0.717) is 38.3 Å². The van der Waals surface area contributed by atoms with Crippen molar-refractivity contribution in [1.82, 2.24) is 4.98 Å². The Hall–Kier alpha value is -2.05. The molecule has 6 fully saturated rings. The van der Waals surface area contributed by atoms with Crippen molar-refractivity contribution in [1.29, 1.82) is 0 Å². The number of nitrogens with zero attached hydrogens (tertiary/aromatic N) is 1. The van der Waals surface area contributed by atoms with Crippen LogP contribution in [-0.2, 0) is 14.6 Å². The minimum absolute atomic E-state index is 0.166. The fourth-order valence-electron chi connectivity index (χ4n) is 20.5. The first-order chi connectivity index (χ1) is 36.7. The summed E-state index contributed by atoms with van der Waals surface area (Å²) in [6, 6.07) is 7.75. The summed E-state index contributed by atoms with van der Waals surface area (Å²) in [6.07, 6.45) is 41.1. The van der Waals surface area contributed by atoms with E-state index >= 15 is 0 Å². The zero-order valence-corrected chi connectivity index (χ0v) is 53.3. The largest absolute Gasteiger partial charge is 0.303 e. The molecule has 0 amide bonds. The van der Waals surface area contributed by atoms with Crippen LogP contribution in [0.4, 0.5) is 0 Å². The van der Waals surface area contributed by atoms with Crippen LogP contribution in [0.3, 0.4) is 0 Å². The Bertz CT molecular complexity index is 2440. The van der Waals surface area contributed by atoms with E-state index in [1.54, 1.807) is 5.57 Å². The minimum atomic E-state index is -3.38. The lowest BCUT2D eigenvalue weighted by Gasteiger charge is -2.58. The van der Waals surface area contributed by atoms with Crippen molar-refractivity contribution < 1.29 is 13.2 Å². The highest BCUT2D eigenvalue weighted by atomic mass is 32.2. The third-order valence-corrected chi connectivity index (χ3v) is 28.7. The number of aromatic nitrogens is 1. The number of hydrogen-bond acceptors (Lipinski definition) is 5. The summed E-state index contributed by atoms with van der Waals surface area (Å²) < 4.78 is 28.1. The summed E-state index contributed by atoms with van der Waals surface area (Å²) >= 11 is 1.33. The average Bonchev–Trinajstić information content (AvgIpc) is 4.21. The number of sulfone groups is 1. The number of aldehydes is 1. The van der Waals surface area contributed by atoms with E-state index in [0.717, 1.165) is 107 Å². The number of para-hydroxylation sites is 1. The Kier molecular flexibility index (Phi) is 20.0. The Balaban J connectivity index is 0.000000174. The number of hydrogen-bond donors (Lipinski definition) is 0. The minimum Gasteiger partial charge on any atom is -0.303 e. The molecular weight excluding hydrogens is 979 g/mol. The van der Waals surface area contributed by atoms with Gasteiger partial charge in [0.1, 0.15) is 6.29 Å². The maximum atomic E-state index is 13.4. The fraction of sp³-hybridized carbons (Fsp3) is 0.803. The van der Waals surface area contributed by atoms with E-state index in [1.165, 1.54) is 133 Å². The topological polar surface area (TPSA) is 64.1 Å². The molecule has 10 rings (SSSR count). The zero-order chi connectivity index (χ0) is 55.7. The van der Waals surface area contributed by atoms with Crippen LogP contribution < -0.4 is 0 Å². The van der Waals surface area contributed by atoms with Crippen LogP contribution in [0.15, 0.2) is 64.1 Å². The molecule has 6 saturated carbocycles. The molecule has 1 heterocycles. The Labute approximate surface area is 477 Å². The number of carbonyl (C=O) groups excluding carboxylic acids is 1. The van der Waals surface area contributed by atoms with E-state index in [2.05, 4.69) is 126 Å². The van der Waals surface area contributed by atoms with Gasteiger partial charge < -0.3 is 4.79 Å². The van der Waals surface area contributed by atoms with Gasteiger partial charge in [-0.25, -0.2) is 13.4 Å². The maximum absolute atomic E-state index is 13.4. The van der Waals surface area contributed by atoms with Gasteiger partial charge in [-0.05, 0) is 238 Å². The number of benzene rings is 1. The molecule has 18 atom stereocenters. The van der Waals surface area contributed by atoms with Crippen molar-refractivity contribution in [2.75, 3.05) is 5.75 Å². The summed E-state index contributed by atoms with van der Waals surface area (Å²) in [5.41, 5.74) is 6.22. The summed E-state index contributed by atoms with van der Waals surface area (Å²) in [5, 5.41) is 0. The molecule has 6 heteroatoms. The van der Waals surface area contributed by atoms with E-state index in [4.69, 9.17) is 0 Å². The van der Waals surface area contributed by atoms with Crippen molar-refractivity contribution in [3.8, 4) is 0 Å². The molecule has 1 aromatic heterocycles. The van der Waals surface area contributed by atoms with Crippen LogP contribution in [0.25, 0.3) is 10.2 Å². The number of fused-ring (bicyclic) bond motifs is 11. The first kappa shape index (κ1) is 61.0. The highest BCUT2D eigenvalue weighted by Gasteiger charge is 2.61. The molecule has 0 saturated heterocycles. The predicted octanol–water partition coefficient (Wildman–Crippen LogP) is 20.4. The van der Waals surface area contributed by atoms with Gasteiger partial charge in [-0.3, -0.25) is 0 Å². The molecule has 2 unspecified atom stereocenters. The second-order valence-electron chi connectivity index (χ2n) is 29.1. The van der Waals surface area contributed by atoms with Gasteiger partial charge in [0.25, 0.3) is 0 Å². The normalized spacial score (nSPS) is 38.0. The molecule has 1 aromatic carbocycles. The summed E-state index contributed by atoms with van der Waals surface area (Å²) in [7, 11) is -3.38. The first-order valence-electron chi connectivity index (χ1n) is 32.8. The molecule has 0 spiro atoms. The maximum Gasteiger partial charge on any atom is 0.210 e. The van der Waals surface area contributed by atoms with Crippen LogP contribution >= 0.6 is 11.3 Å². The molecule has 4 nitrogen and oxygen atoms in total. The van der Waals surface area contributed by atoms with Gasteiger partial charge in [-0.1, -0.05) is 170 Å². The fourth-order valence-corrected chi connectivity index (χ4v) is 23.5. The second kappa shape index (κ2) is 25.2. The van der Waals surface area contributed by atoms with Gasteiger partial charge in [0.15, 0.2) is 0 Å². The van der Waals surface area contributed by atoms with Crippen molar-refractivity contribution in [3.63, 3.8) is 0 Å². The highest BCUT2D eigenvalue weighted by molar-refractivity contribution is 7.93. The smallest absolute Gasteiger partial charge is 0.210 e. The van der Waals surface area contributed by atoms with E-state index in [-0.39, 0.29) is 17.1 Å². The molecule has 8 aliphatic carbocycles. The third kappa shape index (κ3) is 12.0. The quantitative estimate of drug-likeness (QED) is 0.124. The van der Waals surface area contributed by atoms with Gasteiger partial charge in [-0.2, -0.15) is 0 Å². The lowest BCUT2D eigenvalue weighted by Crippen LogP contribution is -2.50. The van der Waals surface area contributed by atoms with Crippen LogP contribution in [-0.4, -0.2) is 25.4 Å². The van der Waals surface area contributed by atoms with Crippen LogP contribution in [0.5, 0.6) is 0 Å². The molecule has 8 aliphatic rings.